The van der Waals surface area contributed by atoms with Crippen molar-refractivity contribution in [2.45, 2.75) is 31.7 Å². The molecule has 0 radical (unpaired) electrons. The van der Waals surface area contributed by atoms with Gasteiger partial charge < -0.3 is 10.6 Å². The summed E-state index contributed by atoms with van der Waals surface area (Å²) in [6.45, 7) is -0.156. The topological polar surface area (TPSA) is 145 Å². The summed E-state index contributed by atoms with van der Waals surface area (Å²) in [7, 11) is 0. The highest BCUT2D eigenvalue weighted by Crippen LogP contribution is 2.22. The van der Waals surface area contributed by atoms with E-state index in [9.17, 15) is 24.0 Å². The van der Waals surface area contributed by atoms with Gasteiger partial charge in [0.25, 0.3) is 17.7 Å². The second kappa shape index (κ2) is 11.7. The van der Waals surface area contributed by atoms with Crippen molar-refractivity contribution in [2.24, 2.45) is 0 Å². The van der Waals surface area contributed by atoms with Crippen LogP contribution in [0.4, 0.5) is 0 Å². The normalized spacial score (nSPS) is 13.3. The number of nitrogens with zero attached hydrogens (tertiary/aromatic N) is 1. The lowest BCUT2D eigenvalue weighted by atomic mass is 10.1. The molecule has 0 saturated heterocycles. The van der Waals surface area contributed by atoms with Gasteiger partial charge in [-0.05, 0) is 30.5 Å². The molecule has 178 valence electrons. The summed E-state index contributed by atoms with van der Waals surface area (Å²) in [5.41, 5.74) is 3.13. The van der Waals surface area contributed by atoms with E-state index in [1.165, 1.54) is 5.48 Å². The highest BCUT2D eigenvalue weighted by Gasteiger charge is 2.34. The van der Waals surface area contributed by atoms with Crippen molar-refractivity contribution in [1.82, 2.24) is 21.0 Å². The number of carbonyl (C=O) groups is 5. The Morgan fingerprint density at radius 3 is 2.09 bits per heavy atom. The zero-order chi connectivity index (χ0) is 24.5. The van der Waals surface area contributed by atoms with Gasteiger partial charge in [-0.25, -0.2) is 5.48 Å². The molecule has 3 rings (SSSR count). The van der Waals surface area contributed by atoms with Crippen molar-refractivity contribution in [3.63, 3.8) is 0 Å². The van der Waals surface area contributed by atoms with Crippen LogP contribution in [0.5, 0.6) is 0 Å². The number of amides is 5. The molecule has 10 nitrogen and oxygen atoms in total. The average Bonchev–Trinajstić information content (AvgIpc) is 3.10. The van der Waals surface area contributed by atoms with Crippen LogP contribution in [0.2, 0.25) is 0 Å². The van der Waals surface area contributed by atoms with E-state index in [1.54, 1.807) is 24.3 Å². The zero-order valence-electron chi connectivity index (χ0n) is 18.5. The summed E-state index contributed by atoms with van der Waals surface area (Å²) in [6, 6.07) is 14.7. The molecule has 1 aliphatic rings. The number of hydroxylamine groups is 1. The predicted molar refractivity (Wildman–Crippen MR) is 121 cm³/mol. The van der Waals surface area contributed by atoms with Crippen molar-refractivity contribution in [1.29, 1.82) is 0 Å². The molecule has 0 aliphatic carbocycles. The molecule has 10 heteroatoms. The third-order valence-electron chi connectivity index (χ3n) is 5.41. The molecule has 1 heterocycles. The van der Waals surface area contributed by atoms with Crippen LogP contribution in [0.3, 0.4) is 0 Å². The van der Waals surface area contributed by atoms with Gasteiger partial charge >= 0.3 is 0 Å². The maximum absolute atomic E-state index is 12.4. The minimum atomic E-state index is -1.18. The first-order valence-corrected chi connectivity index (χ1v) is 10.9. The molecule has 0 unspecified atom stereocenters. The highest BCUT2D eigenvalue weighted by molar-refractivity contribution is 6.21. The Morgan fingerprint density at radius 2 is 1.47 bits per heavy atom. The zero-order valence-corrected chi connectivity index (χ0v) is 18.5. The average molecular weight is 466 g/mol. The summed E-state index contributed by atoms with van der Waals surface area (Å²) < 4.78 is 0. The Bertz CT molecular complexity index is 1040. The molecule has 2 aromatic carbocycles. The van der Waals surface area contributed by atoms with E-state index in [0.717, 1.165) is 10.5 Å². The number of imide groups is 1. The standard InChI is InChI=1S/C24H26N4O6/c29-20(13-12-16-7-2-1-3-8-16)25-15-19(22(31)27-34)26-21(30)11-6-14-28-23(32)17-9-4-5-10-18(17)24(28)33/h1-5,7-10,19,34H,6,11-15H2,(H,25,29)(H,26,30)(H,27,31)/t19-/m0/s1. The minimum absolute atomic E-state index is 0.0485. The summed E-state index contributed by atoms with van der Waals surface area (Å²) in [5.74, 6) is -2.52. The lowest BCUT2D eigenvalue weighted by molar-refractivity contribution is -0.135. The van der Waals surface area contributed by atoms with E-state index in [1.807, 2.05) is 30.3 Å². The van der Waals surface area contributed by atoms with Crippen LogP contribution in [0.25, 0.3) is 0 Å². The highest BCUT2D eigenvalue weighted by atomic mass is 16.5. The lowest BCUT2D eigenvalue weighted by Gasteiger charge is -2.18. The molecule has 4 N–H and O–H groups in total. The van der Waals surface area contributed by atoms with Gasteiger partial charge in [-0.3, -0.25) is 34.1 Å². The Kier molecular flexibility index (Phi) is 8.47. The smallest absolute Gasteiger partial charge is 0.267 e. The van der Waals surface area contributed by atoms with E-state index in [4.69, 9.17) is 5.21 Å². The number of hydrogen-bond donors (Lipinski definition) is 4. The number of aryl methyl sites for hydroxylation is 1. The van der Waals surface area contributed by atoms with Gasteiger partial charge in [-0.2, -0.15) is 0 Å². The summed E-state index contributed by atoms with van der Waals surface area (Å²) in [6.07, 6.45) is 0.845. The molecule has 5 amide bonds. The molecule has 34 heavy (non-hydrogen) atoms. The molecule has 0 bridgehead atoms. The first-order chi connectivity index (χ1) is 16.4. The van der Waals surface area contributed by atoms with Crippen LogP contribution in [0.15, 0.2) is 54.6 Å². The summed E-state index contributed by atoms with van der Waals surface area (Å²) in [5, 5.41) is 14.0. The quantitative estimate of drug-likeness (QED) is 0.219. The van der Waals surface area contributed by atoms with E-state index in [-0.39, 0.29) is 38.3 Å². The van der Waals surface area contributed by atoms with Crippen LogP contribution in [-0.4, -0.2) is 58.8 Å². The maximum Gasteiger partial charge on any atom is 0.267 e. The van der Waals surface area contributed by atoms with E-state index < -0.39 is 29.7 Å². The largest absolute Gasteiger partial charge is 0.353 e. The molecule has 0 spiro atoms. The summed E-state index contributed by atoms with van der Waals surface area (Å²) >= 11 is 0. The van der Waals surface area contributed by atoms with Gasteiger partial charge in [0.2, 0.25) is 11.8 Å². The molecule has 2 aromatic rings. The number of rotatable bonds is 11. The fraction of sp³-hybridized carbons (Fsp3) is 0.292. The van der Waals surface area contributed by atoms with E-state index in [2.05, 4.69) is 10.6 Å². The maximum atomic E-state index is 12.4. The van der Waals surface area contributed by atoms with Crippen molar-refractivity contribution in [3.8, 4) is 0 Å². The van der Waals surface area contributed by atoms with Crippen molar-refractivity contribution in [3.05, 3.63) is 71.3 Å². The minimum Gasteiger partial charge on any atom is -0.353 e. The van der Waals surface area contributed by atoms with E-state index >= 15 is 0 Å². The van der Waals surface area contributed by atoms with Crippen LogP contribution in [0, 0.1) is 0 Å². The van der Waals surface area contributed by atoms with Gasteiger partial charge in [0, 0.05) is 25.9 Å². The number of benzene rings is 2. The Balaban J connectivity index is 1.43. The molecule has 1 atom stereocenters. The van der Waals surface area contributed by atoms with Gasteiger partial charge in [-0.1, -0.05) is 42.5 Å². The van der Waals surface area contributed by atoms with Crippen LogP contribution >= 0.6 is 0 Å². The predicted octanol–water partition coefficient (Wildman–Crippen LogP) is 0.802. The SMILES string of the molecule is O=C(CCc1ccccc1)NC[C@H](NC(=O)CCCN1C(=O)c2ccccc2C1=O)C(=O)NO. The molecular formula is C24H26N4O6. The molecule has 0 aromatic heterocycles. The first-order valence-electron chi connectivity index (χ1n) is 10.9. The fourth-order valence-corrected chi connectivity index (χ4v) is 3.60. The molecule has 1 aliphatic heterocycles. The number of nitrogens with one attached hydrogen (secondary N) is 3. The van der Waals surface area contributed by atoms with Gasteiger partial charge in [0.05, 0.1) is 11.1 Å². The van der Waals surface area contributed by atoms with Crippen molar-refractivity contribution in [2.75, 3.05) is 13.1 Å². The van der Waals surface area contributed by atoms with Gasteiger partial charge in [-0.15, -0.1) is 0 Å². The molecule has 0 fully saturated rings. The third-order valence-corrected chi connectivity index (χ3v) is 5.41. The Labute approximate surface area is 196 Å². The summed E-state index contributed by atoms with van der Waals surface area (Å²) in [4.78, 5) is 62.1. The van der Waals surface area contributed by atoms with Crippen LogP contribution in [-0.2, 0) is 20.8 Å². The Morgan fingerprint density at radius 1 is 0.853 bits per heavy atom. The second-order valence-corrected chi connectivity index (χ2v) is 7.80. The van der Waals surface area contributed by atoms with Crippen LogP contribution in [0.1, 0.15) is 45.5 Å². The second-order valence-electron chi connectivity index (χ2n) is 7.80. The number of fused-ring (bicyclic) bond motifs is 1. The van der Waals surface area contributed by atoms with Crippen LogP contribution < -0.4 is 16.1 Å². The fourth-order valence-electron chi connectivity index (χ4n) is 3.60. The van der Waals surface area contributed by atoms with Crippen molar-refractivity contribution >= 4 is 29.5 Å². The lowest BCUT2D eigenvalue weighted by Crippen LogP contribution is -2.52. The first kappa shape index (κ1) is 24.6. The Hall–Kier alpha value is -4.05. The van der Waals surface area contributed by atoms with Gasteiger partial charge in [0.1, 0.15) is 6.04 Å². The van der Waals surface area contributed by atoms with Crippen molar-refractivity contribution < 1.29 is 29.2 Å². The number of carbonyl (C=O) groups excluding carboxylic acids is 5. The monoisotopic (exact) mass is 466 g/mol. The molecular weight excluding hydrogens is 440 g/mol. The third kappa shape index (κ3) is 6.26. The number of hydrogen-bond acceptors (Lipinski definition) is 6. The van der Waals surface area contributed by atoms with Gasteiger partial charge in [0.15, 0.2) is 0 Å². The van der Waals surface area contributed by atoms with E-state index in [0.29, 0.717) is 17.5 Å². The molecule has 0 saturated carbocycles.